The topological polar surface area (TPSA) is 76.8 Å². The number of rotatable bonds is 0. The summed E-state index contributed by atoms with van der Waals surface area (Å²) < 4.78 is 55.4. The quantitative estimate of drug-likeness (QED) is 0.519. The van der Waals surface area contributed by atoms with Crippen molar-refractivity contribution in [3.63, 3.8) is 0 Å². The predicted octanol–water partition coefficient (Wildman–Crippen LogP) is 5.61. The third kappa shape index (κ3) is 3.11. The van der Waals surface area contributed by atoms with E-state index in [4.69, 9.17) is 11.5 Å². The summed E-state index contributed by atoms with van der Waals surface area (Å²) in [6.07, 6.45) is 3.85. The SMILES string of the molecule is NC1=Nc2cc(F)ccc2C2CCCC12F.NC1=Nc2ccc(F)cc2C2CCCC12F. The number of nitrogens with zero attached hydrogens (tertiary/aromatic N) is 2. The van der Waals surface area contributed by atoms with Gasteiger partial charge in [-0.25, -0.2) is 27.5 Å². The van der Waals surface area contributed by atoms with E-state index >= 15 is 0 Å². The van der Waals surface area contributed by atoms with Crippen molar-refractivity contribution in [3.8, 4) is 0 Å². The van der Waals surface area contributed by atoms with Crippen LogP contribution >= 0.6 is 0 Å². The summed E-state index contributed by atoms with van der Waals surface area (Å²) >= 11 is 0. The molecule has 0 bridgehead atoms. The van der Waals surface area contributed by atoms with Gasteiger partial charge in [0.2, 0.25) is 0 Å². The van der Waals surface area contributed by atoms with Crippen LogP contribution < -0.4 is 11.5 Å². The van der Waals surface area contributed by atoms with Crippen molar-refractivity contribution in [2.75, 3.05) is 0 Å². The molecule has 4 unspecified atom stereocenters. The number of hydrogen-bond acceptors (Lipinski definition) is 4. The first-order valence-corrected chi connectivity index (χ1v) is 10.9. The van der Waals surface area contributed by atoms with Gasteiger partial charge < -0.3 is 11.5 Å². The lowest BCUT2D eigenvalue weighted by Crippen LogP contribution is -2.43. The van der Waals surface area contributed by atoms with Crippen molar-refractivity contribution in [3.05, 3.63) is 59.2 Å². The molecule has 2 aliphatic heterocycles. The summed E-state index contributed by atoms with van der Waals surface area (Å²) in [5, 5.41) is 0. The third-order valence-corrected chi connectivity index (χ3v) is 7.24. The minimum Gasteiger partial charge on any atom is -0.384 e. The zero-order chi connectivity index (χ0) is 22.7. The first-order chi connectivity index (χ1) is 15.2. The largest absolute Gasteiger partial charge is 0.384 e. The van der Waals surface area contributed by atoms with E-state index in [0.717, 1.165) is 24.8 Å². The van der Waals surface area contributed by atoms with Gasteiger partial charge in [0.15, 0.2) is 11.3 Å². The summed E-state index contributed by atoms with van der Waals surface area (Å²) in [6.45, 7) is 0. The number of amidine groups is 2. The second-order valence-corrected chi connectivity index (χ2v) is 9.01. The van der Waals surface area contributed by atoms with Crippen LogP contribution in [0.4, 0.5) is 28.9 Å². The molecule has 2 aliphatic carbocycles. The summed E-state index contributed by atoms with van der Waals surface area (Å²) in [5.74, 6) is -1.22. The second kappa shape index (κ2) is 7.32. The molecule has 4 N–H and O–H groups in total. The summed E-state index contributed by atoms with van der Waals surface area (Å²) in [5.41, 5.74) is 10.8. The minimum atomic E-state index is -1.55. The highest BCUT2D eigenvalue weighted by Gasteiger charge is 2.51. The van der Waals surface area contributed by atoms with Crippen LogP contribution in [0.3, 0.4) is 0 Å². The number of hydrogen-bond donors (Lipinski definition) is 2. The molecule has 0 aromatic heterocycles. The van der Waals surface area contributed by atoms with Crippen molar-refractivity contribution < 1.29 is 17.6 Å². The monoisotopic (exact) mass is 444 g/mol. The van der Waals surface area contributed by atoms with Gasteiger partial charge in [-0.3, -0.25) is 0 Å². The number of aliphatic imine (C=N–C) groups is 2. The first kappa shape index (κ1) is 21.0. The van der Waals surface area contributed by atoms with Gasteiger partial charge in [-0.05, 0) is 80.0 Å². The number of halogens is 4. The summed E-state index contributed by atoms with van der Waals surface area (Å²) in [4.78, 5) is 8.05. The molecule has 0 saturated heterocycles. The minimum absolute atomic E-state index is 0.00750. The lowest BCUT2D eigenvalue weighted by atomic mass is 9.82. The molecule has 2 fully saturated rings. The molecule has 32 heavy (non-hydrogen) atoms. The molecular formula is C24H24F4N4. The molecule has 2 aromatic carbocycles. The fourth-order valence-electron chi connectivity index (χ4n) is 5.61. The van der Waals surface area contributed by atoms with E-state index in [1.54, 1.807) is 12.1 Å². The van der Waals surface area contributed by atoms with Gasteiger partial charge in [-0.15, -0.1) is 0 Å². The molecule has 6 rings (SSSR count). The van der Waals surface area contributed by atoms with E-state index in [1.165, 1.54) is 24.3 Å². The lowest BCUT2D eigenvalue weighted by molar-refractivity contribution is 0.232. The zero-order valence-electron chi connectivity index (χ0n) is 17.4. The fraction of sp³-hybridized carbons (Fsp3) is 0.417. The van der Waals surface area contributed by atoms with Crippen molar-refractivity contribution >= 4 is 23.0 Å². The molecule has 2 aromatic rings. The molecule has 8 heteroatoms. The number of nitrogens with two attached hydrogens (primary N) is 2. The molecule has 4 aliphatic rings. The Balaban J connectivity index is 0.000000135. The average molecular weight is 444 g/mol. The van der Waals surface area contributed by atoms with Crippen LogP contribution in [0, 0.1) is 11.6 Å². The van der Waals surface area contributed by atoms with Crippen molar-refractivity contribution in [1.82, 2.24) is 0 Å². The van der Waals surface area contributed by atoms with E-state index in [1.807, 2.05) is 0 Å². The Hall–Kier alpha value is -2.90. The highest BCUT2D eigenvalue weighted by atomic mass is 19.2. The van der Waals surface area contributed by atoms with Crippen LogP contribution in [0.1, 0.15) is 61.5 Å². The van der Waals surface area contributed by atoms with Crippen molar-refractivity contribution in [2.24, 2.45) is 21.5 Å². The molecule has 2 heterocycles. The Morgan fingerprint density at radius 3 is 1.91 bits per heavy atom. The average Bonchev–Trinajstić information content (AvgIpc) is 3.34. The molecule has 168 valence electrons. The molecule has 2 saturated carbocycles. The Morgan fingerprint density at radius 2 is 1.25 bits per heavy atom. The molecule has 4 atom stereocenters. The van der Waals surface area contributed by atoms with E-state index in [9.17, 15) is 17.6 Å². The van der Waals surface area contributed by atoms with Gasteiger partial charge in [0.05, 0.1) is 11.4 Å². The lowest BCUT2D eigenvalue weighted by Gasteiger charge is -2.31. The fourth-order valence-corrected chi connectivity index (χ4v) is 5.61. The molecule has 4 nitrogen and oxygen atoms in total. The predicted molar refractivity (Wildman–Crippen MR) is 116 cm³/mol. The van der Waals surface area contributed by atoms with Gasteiger partial charge in [0.25, 0.3) is 0 Å². The molecule has 0 radical (unpaired) electrons. The van der Waals surface area contributed by atoms with Gasteiger partial charge in [-0.2, -0.15) is 0 Å². The summed E-state index contributed by atoms with van der Waals surface area (Å²) in [7, 11) is 0. The molecular weight excluding hydrogens is 420 g/mol. The maximum Gasteiger partial charge on any atom is 0.174 e. The smallest absolute Gasteiger partial charge is 0.174 e. The van der Waals surface area contributed by atoms with Gasteiger partial charge >= 0.3 is 0 Å². The number of benzene rings is 2. The normalized spacial score (nSPS) is 31.9. The highest BCUT2D eigenvalue weighted by molar-refractivity contribution is 5.95. The van der Waals surface area contributed by atoms with E-state index in [-0.39, 0.29) is 35.1 Å². The van der Waals surface area contributed by atoms with E-state index < -0.39 is 11.3 Å². The third-order valence-electron chi connectivity index (χ3n) is 7.24. The maximum atomic E-state index is 14.6. The maximum absolute atomic E-state index is 14.6. The summed E-state index contributed by atoms with van der Waals surface area (Å²) in [6, 6.07) is 8.58. The van der Waals surface area contributed by atoms with Gasteiger partial charge in [-0.1, -0.05) is 6.07 Å². The standard InChI is InChI=1S/2C12H12F2N2/c13-7-3-4-10-8(6-7)9-2-1-5-12(9,14)11(15)16-10;13-7-3-4-8-9-2-1-5-12(9,14)11(15)16-10(8)6-7/h2*3-4,6,9H,1-2,5H2,(H2,15,16). The van der Waals surface area contributed by atoms with Crippen LogP contribution in [-0.2, 0) is 0 Å². The van der Waals surface area contributed by atoms with Gasteiger partial charge in [0, 0.05) is 11.8 Å². The van der Waals surface area contributed by atoms with E-state index in [2.05, 4.69) is 9.98 Å². The van der Waals surface area contributed by atoms with Crippen molar-refractivity contribution in [1.29, 1.82) is 0 Å². The Bertz CT molecular complexity index is 1150. The van der Waals surface area contributed by atoms with Crippen LogP contribution in [0.2, 0.25) is 0 Å². The molecule has 0 amide bonds. The van der Waals surface area contributed by atoms with Crippen LogP contribution in [0.25, 0.3) is 0 Å². The molecule has 0 spiro atoms. The zero-order valence-corrected chi connectivity index (χ0v) is 17.4. The Kier molecular flexibility index (Phi) is 4.80. The number of fused-ring (bicyclic) bond motifs is 6. The van der Waals surface area contributed by atoms with Crippen LogP contribution in [0.15, 0.2) is 46.4 Å². The van der Waals surface area contributed by atoms with E-state index in [0.29, 0.717) is 36.2 Å². The van der Waals surface area contributed by atoms with Crippen LogP contribution in [-0.4, -0.2) is 23.0 Å². The number of alkyl halides is 2. The van der Waals surface area contributed by atoms with Crippen molar-refractivity contribution in [2.45, 2.75) is 61.7 Å². The Labute approximate surface area is 183 Å². The Morgan fingerprint density at radius 1 is 0.719 bits per heavy atom. The van der Waals surface area contributed by atoms with Crippen LogP contribution in [0.5, 0.6) is 0 Å². The van der Waals surface area contributed by atoms with Gasteiger partial charge in [0.1, 0.15) is 23.3 Å². The first-order valence-electron chi connectivity index (χ1n) is 10.9. The highest BCUT2D eigenvalue weighted by Crippen LogP contribution is 2.52. The second-order valence-electron chi connectivity index (χ2n) is 9.01.